The molecule has 0 saturated heterocycles. The van der Waals surface area contributed by atoms with Gasteiger partial charge in [-0.1, -0.05) is 0 Å². The third-order valence-corrected chi connectivity index (χ3v) is 1.55. The normalized spacial score (nSPS) is 10.7. The molecular formula is C10H10N2O2. The zero-order valence-electron chi connectivity index (χ0n) is 7.77. The van der Waals surface area contributed by atoms with Crippen molar-refractivity contribution in [3.63, 3.8) is 0 Å². The quantitative estimate of drug-likeness (QED) is 0.438. The van der Waals surface area contributed by atoms with Gasteiger partial charge < -0.3 is 9.84 Å². The van der Waals surface area contributed by atoms with Gasteiger partial charge in [0.2, 0.25) is 12.1 Å². The Hall–Kier alpha value is -2.02. The molecule has 1 aromatic rings. The van der Waals surface area contributed by atoms with Crippen LogP contribution in [0.1, 0.15) is 12.5 Å². The van der Waals surface area contributed by atoms with Crippen molar-refractivity contribution in [2.75, 3.05) is 6.61 Å². The third-order valence-electron chi connectivity index (χ3n) is 1.55. The van der Waals surface area contributed by atoms with Crippen molar-refractivity contribution in [2.24, 2.45) is 4.99 Å². The Morgan fingerprint density at radius 1 is 1.50 bits per heavy atom. The van der Waals surface area contributed by atoms with Crippen LogP contribution in [0.5, 0.6) is 5.75 Å². The van der Waals surface area contributed by atoms with Gasteiger partial charge in [-0.15, -0.1) is 4.99 Å². The fourth-order valence-electron chi connectivity index (χ4n) is 0.966. The molecule has 1 aromatic carbocycles. The maximum Gasteiger partial charge on any atom is 0.231 e. The van der Waals surface area contributed by atoms with E-state index in [0.717, 1.165) is 0 Å². The number of benzene rings is 1. The summed E-state index contributed by atoms with van der Waals surface area (Å²) in [7, 11) is 0. The van der Waals surface area contributed by atoms with Gasteiger partial charge in [0, 0.05) is 5.56 Å². The molecular weight excluding hydrogens is 180 g/mol. The summed E-state index contributed by atoms with van der Waals surface area (Å²) in [5.41, 5.74) is 0.672. The first-order valence-corrected chi connectivity index (χ1v) is 4.17. The standard InChI is InChI=1S/C10H10N2O2/c1-2-14-10(12-7-11)8-3-5-9(13)6-4-8/h3-6,13H,2H2,1H3. The van der Waals surface area contributed by atoms with Gasteiger partial charge in [-0.25, -0.2) is 0 Å². The molecule has 0 aliphatic carbocycles. The lowest BCUT2D eigenvalue weighted by Crippen LogP contribution is -2.05. The highest BCUT2D eigenvalue weighted by atomic mass is 16.5. The molecule has 0 unspecified atom stereocenters. The minimum absolute atomic E-state index is 0.168. The Morgan fingerprint density at radius 2 is 2.14 bits per heavy atom. The summed E-state index contributed by atoms with van der Waals surface area (Å²) in [6.45, 7) is 2.26. The second-order valence-electron chi connectivity index (χ2n) is 2.50. The van der Waals surface area contributed by atoms with E-state index in [2.05, 4.69) is 4.99 Å². The van der Waals surface area contributed by atoms with Gasteiger partial charge in [-0.3, -0.25) is 0 Å². The Labute approximate surface area is 82.1 Å². The maximum atomic E-state index is 9.05. The minimum atomic E-state index is 0.168. The molecule has 0 bridgehead atoms. The lowest BCUT2D eigenvalue weighted by Gasteiger charge is -2.04. The van der Waals surface area contributed by atoms with Crippen molar-refractivity contribution >= 4 is 5.90 Å². The van der Waals surface area contributed by atoms with E-state index in [9.17, 15) is 0 Å². The molecule has 0 fully saturated rings. The average molecular weight is 190 g/mol. The second-order valence-corrected chi connectivity index (χ2v) is 2.50. The van der Waals surface area contributed by atoms with Crippen LogP contribution in [0, 0.1) is 11.5 Å². The fourth-order valence-corrected chi connectivity index (χ4v) is 0.966. The van der Waals surface area contributed by atoms with Crippen molar-refractivity contribution in [2.45, 2.75) is 6.92 Å². The molecule has 0 aromatic heterocycles. The molecule has 0 aliphatic heterocycles. The number of phenols is 1. The molecule has 0 atom stereocenters. The Kier molecular flexibility index (Phi) is 3.50. The summed E-state index contributed by atoms with van der Waals surface area (Å²) in [6, 6.07) is 6.31. The Morgan fingerprint density at radius 3 is 2.64 bits per heavy atom. The van der Waals surface area contributed by atoms with E-state index < -0.39 is 0 Å². The largest absolute Gasteiger partial charge is 0.508 e. The number of aromatic hydroxyl groups is 1. The van der Waals surface area contributed by atoms with Crippen LogP contribution in [0.4, 0.5) is 0 Å². The van der Waals surface area contributed by atoms with E-state index in [1.165, 1.54) is 12.1 Å². The maximum absolute atomic E-state index is 9.05. The first-order valence-electron chi connectivity index (χ1n) is 4.17. The summed E-state index contributed by atoms with van der Waals surface area (Å²) in [4.78, 5) is 3.53. The van der Waals surface area contributed by atoms with Gasteiger partial charge in [0.15, 0.2) is 0 Å². The summed E-state index contributed by atoms with van der Waals surface area (Å²) in [5, 5.41) is 17.5. The van der Waals surface area contributed by atoms with Crippen LogP contribution >= 0.6 is 0 Å². The molecule has 0 spiro atoms. The summed E-state index contributed by atoms with van der Waals surface area (Å²) < 4.78 is 5.15. The van der Waals surface area contributed by atoms with Gasteiger partial charge in [0.25, 0.3) is 0 Å². The van der Waals surface area contributed by atoms with Crippen LogP contribution in [0.25, 0.3) is 0 Å². The van der Waals surface area contributed by atoms with Gasteiger partial charge in [0.1, 0.15) is 5.75 Å². The highest BCUT2D eigenvalue weighted by Crippen LogP contribution is 2.11. The second kappa shape index (κ2) is 4.87. The molecule has 1 N–H and O–H groups in total. The summed E-state index contributed by atoms with van der Waals surface area (Å²) in [5.74, 6) is 0.441. The Bertz CT molecular complexity index is 363. The smallest absolute Gasteiger partial charge is 0.231 e. The molecule has 0 heterocycles. The fraction of sp³-hybridized carbons (Fsp3) is 0.200. The highest BCUT2D eigenvalue weighted by Gasteiger charge is 2.03. The highest BCUT2D eigenvalue weighted by molar-refractivity contribution is 5.94. The SMILES string of the molecule is CCOC(=NC#N)c1ccc(O)cc1. The number of nitriles is 1. The van der Waals surface area contributed by atoms with Crippen LogP contribution in [-0.4, -0.2) is 17.6 Å². The predicted octanol–water partition coefficient (Wildman–Crippen LogP) is 1.66. The zero-order valence-corrected chi connectivity index (χ0v) is 7.77. The van der Waals surface area contributed by atoms with Gasteiger partial charge in [0.05, 0.1) is 6.61 Å². The Balaban J connectivity index is 2.95. The monoisotopic (exact) mass is 190 g/mol. The van der Waals surface area contributed by atoms with Gasteiger partial charge in [-0.05, 0) is 31.2 Å². The van der Waals surface area contributed by atoms with Crippen molar-refractivity contribution in [3.05, 3.63) is 29.8 Å². The van der Waals surface area contributed by atoms with Crippen molar-refractivity contribution < 1.29 is 9.84 Å². The molecule has 4 heteroatoms. The number of hydrogen-bond acceptors (Lipinski definition) is 4. The lowest BCUT2D eigenvalue weighted by atomic mass is 10.2. The number of aliphatic imine (C=N–C) groups is 1. The van der Waals surface area contributed by atoms with E-state index in [1.807, 2.05) is 6.92 Å². The molecule has 0 radical (unpaired) electrons. The van der Waals surface area contributed by atoms with Crippen LogP contribution < -0.4 is 0 Å². The number of nitrogens with zero attached hydrogens (tertiary/aromatic N) is 2. The molecule has 0 aliphatic rings. The van der Waals surface area contributed by atoms with Gasteiger partial charge >= 0.3 is 0 Å². The summed E-state index contributed by atoms with van der Waals surface area (Å²) >= 11 is 0. The van der Waals surface area contributed by atoms with Crippen LogP contribution in [0.3, 0.4) is 0 Å². The number of phenolic OH excluding ortho intramolecular Hbond substituents is 1. The first-order chi connectivity index (χ1) is 6.77. The van der Waals surface area contributed by atoms with E-state index in [-0.39, 0.29) is 11.6 Å². The van der Waals surface area contributed by atoms with Crippen LogP contribution in [0.2, 0.25) is 0 Å². The molecule has 0 saturated carbocycles. The van der Waals surface area contributed by atoms with E-state index in [1.54, 1.807) is 18.3 Å². The molecule has 14 heavy (non-hydrogen) atoms. The van der Waals surface area contributed by atoms with Crippen LogP contribution in [0.15, 0.2) is 29.3 Å². The molecule has 72 valence electrons. The van der Waals surface area contributed by atoms with Gasteiger partial charge in [-0.2, -0.15) is 5.26 Å². The number of hydrogen-bond donors (Lipinski definition) is 1. The molecule has 0 amide bonds. The predicted molar refractivity (Wildman–Crippen MR) is 51.9 cm³/mol. The average Bonchev–Trinajstić information content (AvgIpc) is 2.19. The van der Waals surface area contributed by atoms with Crippen molar-refractivity contribution in [3.8, 4) is 11.9 Å². The number of ether oxygens (including phenoxy) is 1. The first kappa shape index (κ1) is 10.1. The molecule has 4 nitrogen and oxygen atoms in total. The topological polar surface area (TPSA) is 65.6 Å². The zero-order chi connectivity index (χ0) is 10.4. The van der Waals surface area contributed by atoms with E-state index in [4.69, 9.17) is 15.1 Å². The van der Waals surface area contributed by atoms with E-state index >= 15 is 0 Å². The molecule has 1 rings (SSSR count). The van der Waals surface area contributed by atoms with Crippen LogP contribution in [-0.2, 0) is 4.74 Å². The van der Waals surface area contributed by atoms with Crippen molar-refractivity contribution in [1.82, 2.24) is 0 Å². The van der Waals surface area contributed by atoms with Crippen molar-refractivity contribution in [1.29, 1.82) is 5.26 Å². The minimum Gasteiger partial charge on any atom is -0.508 e. The summed E-state index contributed by atoms with van der Waals surface area (Å²) in [6.07, 6.45) is 1.67. The lowest BCUT2D eigenvalue weighted by molar-refractivity contribution is 0.329. The van der Waals surface area contributed by atoms with E-state index in [0.29, 0.717) is 12.2 Å². The third kappa shape index (κ3) is 2.49. The number of rotatable bonds is 2.